The normalized spacial score (nSPS) is 10.7. The number of carbonyl (C=O) groups excluding carboxylic acids is 2. The van der Waals surface area contributed by atoms with Gasteiger partial charge in [-0.15, -0.1) is 11.3 Å². The Kier molecular flexibility index (Phi) is 7.03. The van der Waals surface area contributed by atoms with Crippen LogP contribution < -0.4 is 15.4 Å². The number of thiazole rings is 1. The van der Waals surface area contributed by atoms with Crippen LogP contribution in [-0.4, -0.2) is 29.7 Å². The largest absolute Gasteiger partial charge is 0.497 e. The number of anilines is 2. The lowest BCUT2D eigenvalue weighted by molar-refractivity contribution is -0.116. The van der Waals surface area contributed by atoms with Crippen LogP contribution in [-0.2, 0) is 16.0 Å². The van der Waals surface area contributed by atoms with E-state index in [9.17, 15) is 9.59 Å². The van der Waals surface area contributed by atoms with Gasteiger partial charge in [0.05, 0.1) is 25.0 Å². The Morgan fingerprint density at radius 3 is 2.69 bits per heavy atom. The number of benzene rings is 3. The SMILES string of the molecule is COc1cccc(NC(=O)CSc2nc(CC(=O)Nc3cccc4ccccc34)cs2)c1. The lowest BCUT2D eigenvalue weighted by atomic mass is 10.1. The predicted octanol–water partition coefficient (Wildman–Crippen LogP) is 5.22. The van der Waals surface area contributed by atoms with Gasteiger partial charge in [-0.1, -0.05) is 54.2 Å². The van der Waals surface area contributed by atoms with Gasteiger partial charge in [-0.25, -0.2) is 4.98 Å². The Hall–Kier alpha value is -3.36. The van der Waals surface area contributed by atoms with Crippen LogP contribution in [0.25, 0.3) is 10.8 Å². The third kappa shape index (κ3) is 5.66. The summed E-state index contributed by atoms with van der Waals surface area (Å²) in [4.78, 5) is 29.2. The van der Waals surface area contributed by atoms with E-state index in [0.717, 1.165) is 20.8 Å². The first-order chi connectivity index (χ1) is 15.6. The van der Waals surface area contributed by atoms with E-state index in [-0.39, 0.29) is 24.0 Å². The molecule has 6 nitrogen and oxygen atoms in total. The van der Waals surface area contributed by atoms with Crippen molar-refractivity contribution in [1.82, 2.24) is 4.98 Å². The minimum atomic E-state index is -0.131. The number of carbonyl (C=O) groups is 2. The molecule has 1 aromatic heterocycles. The van der Waals surface area contributed by atoms with E-state index < -0.39 is 0 Å². The first kappa shape index (κ1) is 21.9. The van der Waals surface area contributed by atoms with Gasteiger partial charge in [0.2, 0.25) is 11.8 Å². The van der Waals surface area contributed by atoms with Crippen molar-refractivity contribution in [3.8, 4) is 5.75 Å². The molecule has 0 radical (unpaired) electrons. The number of hydrogen-bond acceptors (Lipinski definition) is 6. The molecule has 0 atom stereocenters. The second-order valence-electron chi connectivity index (χ2n) is 6.93. The van der Waals surface area contributed by atoms with Crippen LogP contribution in [0.1, 0.15) is 5.69 Å². The highest BCUT2D eigenvalue weighted by Gasteiger charge is 2.12. The smallest absolute Gasteiger partial charge is 0.234 e. The van der Waals surface area contributed by atoms with Gasteiger partial charge >= 0.3 is 0 Å². The highest BCUT2D eigenvalue weighted by molar-refractivity contribution is 8.01. The van der Waals surface area contributed by atoms with Crippen molar-refractivity contribution in [2.75, 3.05) is 23.5 Å². The minimum Gasteiger partial charge on any atom is -0.497 e. The van der Waals surface area contributed by atoms with Crippen molar-refractivity contribution in [1.29, 1.82) is 0 Å². The summed E-state index contributed by atoms with van der Waals surface area (Å²) >= 11 is 2.77. The lowest BCUT2D eigenvalue weighted by Crippen LogP contribution is -2.15. The van der Waals surface area contributed by atoms with Gasteiger partial charge < -0.3 is 15.4 Å². The molecule has 0 saturated carbocycles. The molecule has 2 amide bonds. The van der Waals surface area contributed by atoms with Gasteiger partial charge in [0.1, 0.15) is 5.75 Å². The maximum Gasteiger partial charge on any atom is 0.234 e. The second kappa shape index (κ2) is 10.3. The van der Waals surface area contributed by atoms with E-state index >= 15 is 0 Å². The monoisotopic (exact) mass is 463 g/mol. The molecule has 0 aliphatic rings. The first-order valence-electron chi connectivity index (χ1n) is 9.89. The summed E-state index contributed by atoms with van der Waals surface area (Å²) in [5, 5.41) is 9.74. The molecule has 0 fully saturated rings. The second-order valence-corrected chi connectivity index (χ2v) is 9.01. The lowest BCUT2D eigenvalue weighted by Gasteiger charge is -2.08. The maximum atomic E-state index is 12.5. The Bertz CT molecular complexity index is 1250. The van der Waals surface area contributed by atoms with E-state index in [0.29, 0.717) is 17.1 Å². The van der Waals surface area contributed by atoms with Crippen molar-refractivity contribution < 1.29 is 14.3 Å². The number of ether oxygens (including phenoxy) is 1. The van der Waals surface area contributed by atoms with E-state index in [4.69, 9.17) is 4.74 Å². The number of hydrogen-bond donors (Lipinski definition) is 2. The molecule has 0 aliphatic heterocycles. The highest BCUT2D eigenvalue weighted by Crippen LogP contribution is 2.25. The van der Waals surface area contributed by atoms with Gasteiger partial charge in [-0.2, -0.15) is 0 Å². The van der Waals surface area contributed by atoms with Gasteiger partial charge in [-0.05, 0) is 23.6 Å². The van der Waals surface area contributed by atoms with E-state index in [1.807, 2.05) is 60.0 Å². The summed E-state index contributed by atoms with van der Waals surface area (Å²) in [6.45, 7) is 0. The average molecular weight is 464 g/mol. The van der Waals surface area contributed by atoms with Gasteiger partial charge in [0.15, 0.2) is 4.34 Å². The van der Waals surface area contributed by atoms with Crippen molar-refractivity contribution in [2.45, 2.75) is 10.8 Å². The molecule has 2 N–H and O–H groups in total. The topological polar surface area (TPSA) is 80.3 Å². The van der Waals surface area contributed by atoms with Crippen LogP contribution in [0.4, 0.5) is 11.4 Å². The summed E-state index contributed by atoms with van der Waals surface area (Å²) in [5.74, 6) is 0.654. The average Bonchev–Trinajstić information content (AvgIpc) is 3.25. The Morgan fingerprint density at radius 1 is 1.00 bits per heavy atom. The number of amides is 2. The van der Waals surface area contributed by atoms with E-state index in [1.165, 1.54) is 23.1 Å². The number of nitrogens with one attached hydrogen (secondary N) is 2. The predicted molar refractivity (Wildman–Crippen MR) is 131 cm³/mol. The maximum absolute atomic E-state index is 12.5. The Balaban J connectivity index is 1.29. The highest BCUT2D eigenvalue weighted by atomic mass is 32.2. The van der Waals surface area contributed by atoms with Crippen LogP contribution >= 0.6 is 23.1 Å². The fraction of sp³-hybridized carbons (Fsp3) is 0.125. The summed E-state index contributed by atoms with van der Waals surface area (Å²) < 4.78 is 5.91. The van der Waals surface area contributed by atoms with Crippen molar-refractivity contribution in [3.63, 3.8) is 0 Å². The molecule has 1 heterocycles. The number of thioether (sulfide) groups is 1. The van der Waals surface area contributed by atoms with Crippen molar-refractivity contribution in [3.05, 3.63) is 77.8 Å². The summed E-state index contributed by atoms with van der Waals surface area (Å²) in [6, 6.07) is 21.0. The number of methoxy groups -OCH3 is 1. The standard InChI is InChI=1S/C24H21N3O3S2/c1-30-19-9-5-8-17(12-19)25-23(29)15-32-24-26-18(14-31-24)13-22(28)27-21-11-4-7-16-6-2-3-10-20(16)21/h2-12,14H,13,15H2,1H3,(H,25,29)(H,27,28). The molecule has 0 aliphatic carbocycles. The fourth-order valence-corrected chi connectivity index (χ4v) is 4.80. The van der Waals surface area contributed by atoms with Crippen LogP contribution in [0.2, 0.25) is 0 Å². The summed E-state index contributed by atoms with van der Waals surface area (Å²) in [5.41, 5.74) is 2.15. The number of rotatable bonds is 8. The molecule has 32 heavy (non-hydrogen) atoms. The molecule has 8 heteroatoms. The van der Waals surface area contributed by atoms with Gasteiger partial charge in [-0.3, -0.25) is 9.59 Å². The third-order valence-corrected chi connectivity index (χ3v) is 6.69. The van der Waals surface area contributed by atoms with Crippen molar-refractivity contribution >= 4 is 57.1 Å². The molecule has 0 unspecified atom stereocenters. The number of aromatic nitrogens is 1. The summed E-state index contributed by atoms with van der Waals surface area (Å²) in [6.07, 6.45) is 0.177. The molecule has 0 saturated heterocycles. The zero-order valence-electron chi connectivity index (χ0n) is 17.3. The molecule has 4 aromatic rings. The molecular weight excluding hydrogens is 442 g/mol. The Morgan fingerprint density at radius 2 is 1.81 bits per heavy atom. The van der Waals surface area contributed by atoms with Crippen LogP contribution in [0, 0.1) is 0 Å². The molecular formula is C24H21N3O3S2. The number of nitrogens with zero attached hydrogens (tertiary/aromatic N) is 1. The summed E-state index contributed by atoms with van der Waals surface area (Å²) in [7, 11) is 1.58. The quantitative estimate of drug-likeness (QED) is 0.350. The zero-order valence-corrected chi connectivity index (χ0v) is 19.0. The minimum absolute atomic E-state index is 0.126. The third-order valence-electron chi connectivity index (χ3n) is 4.62. The van der Waals surface area contributed by atoms with E-state index in [1.54, 1.807) is 19.2 Å². The van der Waals surface area contributed by atoms with E-state index in [2.05, 4.69) is 15.6 Å². The van der Waals surface area contributed by atoms with Crippen molar-refractivity contribution in [2.24, 2.45) is 0 Å². The first-order valence-corrected chi connectivity index (χ1v) is 11.8. The molecule has 3 aromatic carbocycles. The zero-order chi connectivity index (χ0) is 22.3. The molecule has 0 spiro atoms. The molecule has 162 valence electrons. The molecule has 0 bridgehead atoms. The van der Waals surface area contributed by atoms with Crippen LogP contribution in [0.5, 0.6) is 5.75 Å². The van der Waals surface area contributed by atoms with Gasteiger partial charge in [0.25, 0.3) is 0 Å². The van der Waals surface area contributed by atoms with Crippen LogP contribution in [0.15, 0.2) is 76.4 Å². The molecule has 4 rings (SSSR count). The Labute approximate surface area is 194 Å². The van der Waals surface area contributed by atoms with Crippen LogP contribution in [0.3, 0.4) is 0 Å². The van der Waals surface area contributed by atoms with Gasteiger partial charge in [0, 0.05) is 28.2 Å². The fourth-order valence-electron chi connectivity index (χ4n) is 3.15. The number of fused-ring (bicyclic) bond motifs is 1.